The summed E-state index contributed by atoms with van der Waals surface area (Å²) < 4.78 is 0.243. The van der Waals surface area contributed by atoms with Gasteiger partial charge < -0.3 is 0 Å². The fraction of sp³-hybridized carbons (Fsp3) is 0.692. The van der Waals surface area contributed by atoms with Gasteiger partial charge in [0.15, 0.2) is 0 Å². The van der Waals surface area contributed by atoms with E-state index in [0.717, 1.165) is 41.4 Å². The van der Waals surface area contributed by atoms with E-state index in [1.165, 1.54) is 86.8 Å². The van der Waals surface area contributed by atoms with Gasteiger partial charge >= 0.3 is 0 Å². The van der Waals surface area contributed by atoms with Crippen LogP contribution in [0.3, 0.4) is 0 Å². The largest absolute Gasteiger partial charge is 0.108 e. The van der Waals surface area contributed by atoms with Crippen molar-refractivity contribution in [3.05, 3.63) is 60.7 Å². The molecule has 0 heterocycles. The molecule has 6 rings (SSSR count). The van der Waals surface area contributed by atoms with Crippen molar-refractivity contribution in [2.45, 2.75) is 126 Å². The zero-order valence-electron chi connectivity index (χ0n) is 26.6. The first-order valence-electron chi connectivity index (χ1n) is 17.2. The lowest BCUT2D eigenvalue weighted by Gasteiger charge is -2.62. The fourth-order valence-electron chi connectivity index (χ4n) is 10.8. The number of fused-ring (bicyclic) bond motifs is 5. The monoisotopic (exact) mass is 588 g/mol. The Kier molecular flexibility index (Phi) is 9.03. The van der Waals surface area contributed by atoms with Gasteiger partial charge in [0.1, 0.15) is 0 Å². The molecule has 0 nitrogen and oxygen atoms in total. The first kappa shape index (κ1) is 30.2. The standard InChI is InChI=1S/C39H56S2/c1-28(2)13-12-14-29(3)34-21-22-35-33-20-19-30-27-39(40-31-15-8-6-9-16-31,41-32-17-10-7-11-18-32)26-25-37(30,4)36(33)23-24-38(34,35)5/h6-11,15-18,28-30,33-36H,12-14,19-27H2,1-5H3/t29-,30+,33+,34-,35+,36+,37+,38-/m1/s1. The molecular formula is C39H56S2. The van der Waals surface area contributed by atoms with Crippen LogP contribution in [0, 0.1) is 52.3 Å². The van der Waals surface area contributed by atoms with Gasteiger partial charge in [-0.2, -0.15) is 0 Å². The van der Waals surface area contributed by atoms with E-state index in [0.29, 0.717) is 10.8 Å². The quantitative estimate of drug-likeness (QED) is 0.267. The van der Waals surface area contributed by atoms with E-state index in [9.17, 15) is 0 Å². The molecule has 2 heteroatoms. The smallest absolute Gasteiger partial charge is 0.0708 e. The van der Waals surface area contributed by atoms with Crippen LogP contribution < -0.4 is 0 Å². The van der Waals surface area contributed by atoms with Gasteiger partial charge in [-0.3, -0.25) is 0 Å². The van der Waals surface area contributed by atoms with E-state index in [1.54, 1.807) is 0 Å². The summed E-state index contributed by atoms with van der Waals surface area (Å²) in [4.78, 5) is 2.89. The molecule has 0 bridgehead atoms. The third-order valence-corrected chi connectivity index (χ3v) is 16.0. The van der Waals surface area contributed by atoms with E-state index in [1.807, 2.05) is 0 Å². The zero-order valence-corrected chi connectivity index (χ0v) is 28.2. The molecule has 4 saturated carbocycles. The minimum Gasteiger partial charge on any atom is -0.108 e. The highest BCUT2D eigenvalue weighted by Crippen LogP contribution is 2.71. The van der Waals surface area contributed by atoms with Crippen molar-refractivity contribution < 1.29 is 0 Å². The van der Waals surface area contributed by atoms with Gasteiger partial charge in [0.25, 0.3) is 0 Å². The van der Waals surface area contributed by atoms with Crippen LogP contribution in [-0.4, -0.2) is 4.08 Å². The predicted molar refractivity (Wildman–Crippen MR) is 180 cm³/mol. The second-order valence-electron chi connectivity index (χ2n) is 15.6. The molecule has 2 aromatic carbocycles. The Morgan fingerprint density at radius 2 is 1.32 bits per heavy atom. The highest BCUT2D eigenvalue weighted by atomic mass is 32.2. The van der Waals surface area contributed by atoms with Crippen molar-refractivity contribution in [3.8, 4) is 0 Å². The van der Waals surface area contributed by atoms with Crippen molar-refractivity contribution in [3.63, 3.8) is 0 Å². The van der Waals surface area contributed by atoms with Crippen LogP contribution >= 0.6 is 23.5 Å². The molecule has 8 atom stereocenters. The fourth-order valence-corrected chi connectivity index (χ4v) is 14.0. The Balaban J connectivity index is 1.19. The molecule has 0 N–H and O–H groups in total. The average molecular weight is 589 g/mol. The molecule has 0 unspecified atom stereocenters. The Morgan fingerprint density at radius 3 is 1.95 bits per heavy atom. The molecule has 4 fully saturated rings. The lowest BCUT2D eigenvalue weighted by Crippen LogP contribution is -2.55. The molecule has 41 heavy (non-hydrogen) atoms. The van der Waals surface area contributed by atoms with Gasteiger partial charge in [-0.05, 0) is 134 Å². The summed E-state index contributed by atoms with van der Waals surface area (Å²) >= 11 is 4.36. The summed E-state index contributed by atoms with van der Waals surface area (Å²) in [7, 11) is 0. The van der Waals surface area contributed by atoms with Gasteiger partial charge in [0.05, 0.1) is 4.08 Å². The van der Waals surface area contributed by atoms with Crippen molar-refractivity contribution >= 4 is 23.5 Å². The van der Waals surface area contributed by atoms with Crippen LogP contribution in [0.15, 0.2) is 70.5 Å². The zero-order chi connectivity index (χ0) is 28.7. The maximum atomic E-state index is 2.77. The van der Waals surface area contributed by atoms with Crippen molar-refractivity contribution in [1.29, 1.82) is 0 Å². The maximum absolute atomic E-state index is 2.77. The highest BCUT2D eigenvalue weighted by Gasteiger charge is 2.62. The Morgan fingerprint density at radius 1 is 0.683 bits per heavy atom. The van der Waals surface area contributed by atoms with Crippen LogP contribution in [0.1, 0.15) is 112 Å². The van der Waals surface area contributed by atoms with Gasteiger partial charge in [0, 0.05) is 9.79 Å². The number of benzene rings is 2. The van der Waals surface area contributed by atoms with E-state index in [2.05, 4.69) is 119 Å². The minimum atomic E-state index is 0.243. The van der Waals surface area contributed by atoms with Crippen LogP contribution in [0.25, 0.3) is 0 Å². The lowest BCUT2D eigenvalue weighted by molar-refractivity contribution is -0.114. The average Bonchev–Trinajstić information content (AvgIpc) is 3.32. The minimum absolute atomic E-state index is 0.243. The van der Waals surface area contributed by atoms with Crippen LogP contribution in [-0.2, 0) is 0 Å². The van der Waals surface area contributed by atoms with E-state index < -0.39 is 0 Å². The molecule has 4 aliphatic carbocycles. The molecule has 0 aromatic heterocycles. The number of rotatable bonds is 9. The molecule has 0 amide bonds. The lowest BCUT2D eigenvalue weighted by atomic mass is 9.44. The first-order valence-corrected chi connectivity index (χ1v) is 18.8. The van der Waals surface area contributed by atoms with Gasteiger partial charge in [-0.25, -0.2) is 0 Å². The normalized spacial score (nSPS) is 36.8. The summed E-state index contributed by atoms with van der Waals surface area (Å²) in [6.07, 6.45) is 17.4. The van der Waals surface area contributed by atoms with Crippen molar-refractivity contribution in [1.82, 2.24) is 0 Å². The molecule has 2 aromatic rings. The van der Waals surface area contributed by atoms with Crippen molar-refractivity contribution in [2.75, 3.05) is 0 Å². The van der Waals surface area contributed by atoms with Gasteiger partial charge in [-0.1, -0.05) is 90.3 Å². The molecule has 0 radical (unpaired) electrons. The maximum Gasteiger partial charge on any atom is 0.0708 e. The molecular weight excluding hydrogens is 533 g/mol. The molecule has 0 saturated heterocycles. The highest BCUT2D eigenvalue weighted by molar-refractivity contribution is 8.18. The summed E-state index contributed by atoms with van der Waals surface area (Å²) in [5, 5.41) is 0. The summed E-state index contributed by atoms with van der Waals surface area (Å²) in [6.45, 7) is 12.9. The van der Waals surface area contributed by atoms with E-state index in [-0.39, 0.29) is 4.08 Å². The summed E-state index contributed by atoms with van der Waals surface area (Å²) in [5.41, 5.74) is 1.13. The Bertz CT molecular complexity index is 1090. The van der Waals surface area contributed by atoms with Crippen molar-refractivity contribution in [2.24, 2.45) is 52.3 Å². The first-order chi connectivity index (χ1) is 19.7. The molecule has 224 valence electrons. The third-order valence-electron chi connectivity index (χ3n) is 13.0. The number of thioether (sulfide) groups is 2. The van der Waals surface area contributed by atoms with E-state index in [4.69, 9.17) is 0 Å². The van der Waals surface area contributed by atoms with Crippen LogP contribution in [0.2, 0.25) is 0 Å². The van der Waals surface area contributed by atoms with Crippen LogP contribution in [0.5, 0.6) is 0 Å². The molecule has 0 aliphatic heterocycles. The third kappa shape index (κ3) is 5.96. The van der Waals surface area contributed by atoms with Gasteiger partial charge in [-0.15, -0.1) is 23.5 Å². The summed E-state index contributed by atoms with van der Waals surface area (Å²) in [5.74, 6) is 6.52. The van der Waals surface area contributed by atoms with Crippen LogP contribution in [0.4, 0.5) is 0 Å². The predicted octanol–water partition coefficient (Wildman–Crippen LogP) is 12.4. The summed E-state index contributed by atoms with van der Waals surface area (Å²) in [6, 6.07) is 22.6. The van der Waals surface area contributed by atoms with E-state index >= 15 is 0 Å². The second kappa shape index (κ2) is 12.3. The molecule has 0 spiro atoms. The number of hydrogen-bond donors (Lipinski definition) is 0. The molecule has 4 aliphatic rings. The SMILES string of the molecule is CC(C)CCC[C@@H](C)[C@H]1CC[C@H]2[C@@H]3CC[C@H]4CC(Sc5ccccc5)(Sc5ccccc5)CC[C@]4(C)[C@H]3CC[C@]12C. The Hall–Kier alpha value is -0.860. The number of hydrogen-bond acceptors (Lipinski definition) is 2. The van der Waals surface area contributed by atoms with Gasteiger partial charge in [0.2, 0.25) is 0 Å². The second-order valence-corrected chi connectivity index (χ2v) is 18.8. The Labute approximate surface area is 261 Å². The topological polar surface area (TPSA) is 0 Å².